The van der Waals surface area contributed by atoms with Gasteiger partial charge >= 0.3 is 0 Å². The van der Waals surface area contributed by atoms with E-state index in [4.69, 9.17) is 11.6 Å². The average Bonchev–Trinajstić information content (AvgIpc) is 3.04. The van der Waals surface area contributed by atoms with Crippen LogP contribution in [-0.2, 0) is 6.42 Å². The quantitative estimate of drug-likeness (QED) is 0.795. The maximum Gasteiger partial charge on any atom is 0.266 e. The number of carbonyl (C=O) groups is 1. The third-order valence-corrected chi connectivity index (χ3v) is 5.39. The van der Waals surface area contributed by atoms with Crippen molar-refractivity contribution >= 4 is 53.7 Å². The zero-order valence-electron chi connectivity index (χ0n) is 13.9. The molecule has 3 rings (SSSR count). The predicted octanol–water partition coefficient (Wildman–Crippen LogP) is 4.38. The summed E-state index contributed by atoms with van der Waals surface area (Å²) >= 11 is 7.85. The van der Waals surface area contributed by atoms with Crippen molar-refractivity contribution in [2.45, 2.75) is 25.8 Å². The Bertz CT molecular complexity index is 695. The Morgan fingerprint density at radius 3 is 2.88 bits per heavy atom. The number of rotatable bonds is 4. The lowest BCUT2D eigenvalue weighted by Crippen LogP contribution is -2.48. The van der Waals surface area contributed by atoms with Crippen LogP contribution in [0.2, 0.25) is 5.02 Å². The average molecular weight is 423 g/mol. The summed E-state index contributed by atoms with van der Waals surface area (Å²) in [6.07, 6.45) is 3.67. The van der Waals surface area contributed by atoms with Crippen LogP contribution in [0.3, 0.4) is 0 Å². The van der Waals surface area contributed by atoms with Crippen LogP contribution >= 0.6 is 47.8 Å². The second-order valence-electron chi connectivity index (χ2n) is 5.61. The number of nitrogens with one attached hydrogen (secondary N) is 1. The molecular weight excluding hydrogens is 401 g/mol. The molecule has 0 spiro atoms. The molecule has 1 aromatic heterocycles. The van der Waals surface area contributed by atoms with Gasteiger partial charge in [-0.2, -0.15) is 0 Å². The molecule has 0 saturated carbocycles. The predicted molar refractivity (Wildman–Crippen MR) is 109 cm³/mol. The Hall–Kier alpha value is -0.850. The van der Waals surface area contributed by atoms with Crippen molar-refractivity contribution in [1.82, 2.24) is 15.2 Å². The van der Waals surface area contributed by atoms with Gasteiger partial charge in [-0.15, -0.1) is 36.2 Å². The van der Waals surface area contributed by atoms with Gasteiger partial charge in [0.2, 0.25) is 0 Å². The molecule has 1 aliphatic heterocycles. The monoisotopic (exact) mass is 421 g/mol. The summed E-state index contributed by atoms with van der Waals surface area (Å²) in [5.74, 6) is 0.0521. The molecule has 1 aliphatic rings. The molecule has 1 unspecified atom stereocenters. The van der Waals surface area contributed by atoms with E-state index in [2.05, 4.69) is 17.2 Å². The number of aryl methyl sites for hydroxylation is 1. The van der Waals surface area contributed by atoms with Crippen molar-refractivity contribution in [1.29, 1.82) is 0 Å². The van der Waals surface area contributed by atoms with Crippen molar-refractivity contribution < 1.29 is 4.79 Å². The summed E-state index contributed by atoms with van der Waals surface area (Å²) in [4.78, 5) is 19.9. The first-order valence-corrected chi connectivity index (χ1v) is 9.11. The van der Waals surface area contributed by atoms with Gasteiger partial charge in [0.1, 0.15) is 4.88 Å². The number of hydrogen-bond donors (Lipinski definition) is 1. The lowest BCUT2D eigenvalue weighted by molar-refractivity contribution is 0.0639. The van der Waals surface area contributed by atoms with Gasteiger partial charge in [-0.25, -0.2) is 4.98 Å². The summed E-state index contributed by atoms with van der Waals surface area (Å²) in [6.45, 7) is 4.31. The zero-order valence-corrected chi connectivity index (χ0v) is 17.1. The van der Waals surface area contributed by atoms with Gasteiger partial charge in [0.05, 0.1) is 17.2 Å². The molecule has 1 fully saturated rings. The first-order valence-electron chi connectivity index (χ1n) is 7.91. The van der Waals surface area contributed by atoms with Crippen molar-refractivity contribution in [2.24, 2.45) is 0 Å². The molecule has 2 heterocycles. The number of hydrogen-bond acceptors (Lipinski definition) is 4. The fraction of sp³-hybridized carbons (Fsp3) is 0.412. The lowest BCUT2D eigenvalue weighted by Gasteiger charge is -2.36. The number of thiazole rings is 1. The minimum atomic E-state index is -0.0401. The van der Waals surface area contributed by atoms with Gasteiger partial charge in [-0.3, -0.25) is 4.79 Å². The van der Waals surface area contributed by atoms with Crippen molar-refractivity contribution in [2.75, 3.05) is 19.6 Å². The third kappa shape index (κ3) is 5.08. The van der Waals surface area contributed by atoms with E-state index >= 15 is 0 Å². The van der Waals surface area contributed by atoms with Crippen LogP contribution in [0.5, 0.6) is 0 Å². The molecule has 0 aliphatic carbocycles. The van der Waals surface area contributed by atoms with E-state index in [9.17, 15) is 4.79 Å². The SMILES string of the molecule is CCCc1ncc(C(=O)N2CCNCC2c2ccccc2Cl)s1.Cl.Cl. The van der Waals surface area contributed by atoms with Crippen LogP contribution < -0.4 is 5.32 Å². The lowest BCUT2D eigenvalue weighted by atomic mass is 10.0. The Morgan fingerprint density at radius 2 is 2.16 bits per heavy atom. The van der Waals surface area contributed by atoms with Crippen LogP contribution in [-0.4, -0.2) is 35.4 Å². The molecule has 2 aromatic rings. The molecule has 1 saturated heterocycles. The van der Waals surface area contributed by atoms with E-state index in [0.29, 0.717) is 16.4 Å². The first-order chi connectivity index (χ1) is 11.2. The second-order valence-corrected chi connectivity index (χ2v) is 7.13. The van der Waals surface area contributed by atoms with E-state index in [1.165, 1.54) is 11.3 Å². The van der Waals surface area contributed by atoms with Gasteiger partial charge in [-0.05, 0) is 24.5 Å². The molecule has 0 bridgehead atoms. The first kappa shape index (κ1) is 22.2. The van der Waals surface area contributed by atoms with E-state index in [-0.39, 0.29) is 36.8 Å². The van der Waals surface area contributed by atoms with E-state index < -0.39 is 0 Å². The summed E-state index contributed by atoms with van der Waals surface area (Å²) < 4.78 is 0. The fourth-order valence-electron chi connectivity index (χ4n) is 2.85. The molecule has 1 aromatic carbocycles. The Morgan fingerprint density at radius 1 is 1.40 bits per heavy atom. The standard InChI is InChI=1S/C17H20ClN3OS.2ClH/c1-2-5-16-20-11-15(23-16)17(22)21-9-8-19-10-14(21)12-6-3-4-7-13(12)18;;/h3-4,6-7,11,14,19H,2,5,8-10H2,1H3;2*1H. The molecule has 0 radical (unpaired) electrons. The van der Waals surface area contributed by atoms with Gasteiger partial charge in [0.25, 0.3) is 5.91 Å². The van der Waals surface area contributed by atoms with Crippen molar-refractivity contribution in [3.05, 3.63) is 50.9 Å². The molecule has 1 N–H and O–H groups in total. The molecule has 25 heavy (non-hydrogen) atoms. The number of aromatic nitrogens is 1. The maximum atomic E-state index is 12.9. The number of nitrogens with zero attached hydrogens (tertiary/aromatic N) is 2. The molecule has 4 nitrogen and oxygen atoms in total. The molecule has 1 amide bonds. The minimum Gasteiger partial charge on any atom is -0.328 e. The second kappa shape index (κ2) is 10.3. The molecule has 138 valence electrons. The topological polar surface area (TPSA) is 45.2 Å². The Balaban J connectivity index is 0.00000156. The summed E-state index contributed by atoms with van der Waals surface area (Å²) in [7, 11) is 0. The van der Waals surface area contributed by atoms with Gasteiger partial charge in [0.15, 0.2) is 0 Å². The van der Waals surface area contributed by atoms with Gasteiger partial charge in [0, 0.05) is 24.7 Å². The van der Waals surface area contributed by atoms with Crippen LogP contribution in [0.4, 0.5) is 0 Å². The molecule has 8 heteroatoms. The fourth-order valence-corrected chi connectivity index (χ4v) is 4.09. The van der Waals surface area contributed by atoms with E-state index in [1.807, 2.05) is 29.2 Å². The zero-order chi connectivity index (χ0) is 16.2. The minimum absolute atomic E-state index is 0. The van der Waals surface area contributed by atoms with E-state index in [1.54, 1.807) is 6.20 Å². The van der Waals surface area contributed by atoms with Gasteiger partial charge < -0.3 is 10.2 Å². The van der Waals surface area contributed by atoms with Crippen molar-refractivity contribution in [3.63, 3.8) is 0 Å². The summed E-state index contributed by atoms with van der Waals surface area (Å²) in [5, 5.41) is 5.09. The van der Waals surface area contributed by atoms with Crippen LogP contribution in [0.15, 0.2) is 30.5 Å². The number of piperazine rings is 1. The Labute approximate surface area is 169 Å². The molecular formula is C17H22Cl3N3OS. The normalized spacial score (nSPS) is 16.7. The van der Waals surface area contributed by atoms with E-state index in [0.717, 1.165) is 36.5 Å². The number of carbonyl (C=O) groups excluding carboxylic acids is 1. The maximum absolute atomic E-state index is 12.9. The largest absolute Gasteiger partial charge is 0.328 e. The van der Waals surface area contributed by atoms with Crippen LogP contribution in [0, 0.1) is 0 Å². The smallest absolute Gasteiger partial charge is 0.266 e. The highest BCUT2D eigenvalue weighted by Crippen LogP contribution is 2.30. The number of halogens is 3. The molecule has 1 atom stereocenters. The van der Waals surface area contributed by atoms with Gasteiger partial charge in [-0.1, -0.05) is 36.7 Å². The van der Waals surface area contributed by atoms with Crippen molar-refractivity contribution in [3.8, 4) is 0 Å². The highest BCUT2D eigenvalue weighted by molar-refractivity contribution is 7.13. The summed E-state index contributed by atoms with van der Waals surface area (Å²) in [5.41, 5.74) is 0.994. The highest BCUT2D eigenvalue weighted by atomic mass is 35.5. The number of amides is 1. The number of benzene rings is 1. The highest BCUT2D eigenvalue weighted by Gasteiger charge is 2.30. The summed E-state index contributed by atoms with van der Waals surface area (Å²) in [6, 6.07) is 7.70. The van der Waals surface area contributed by atoms with Crippen LogP contribution in [0.25, 0.3) is 0 Å². The Kier molecular flexibility index (Phi) is 9.17. The van der Waals surface area contributed by atoms with Crippen LogP contribution in [0.1, 0.15) is 39.6 Å². The third-order valence-electron chi connectivity index (χ3n) is 4.00.